The first kappa shape index (κ1) is 13.3. The van der Waals surface area contributed by atoms with Gasteiger partial charge in [-0.25, -0.2) is 4.39 Å². The molecule has 0 amide bonds. The van der Waals surface area contributed by atoms with Crippen LogP contribution in [0.1, 0.15) is 22.3 Å². The SMILES string of the molecule is Cc1ccc(C)c(CON=Cc2ccc(F)cc2)c1. The van der Waals surface area contributed by atoms with E-state index in [0.29, 0.717) is 6.61 Å². The third-order valence-electron chi connectivity index (χ3n) is 2.87. The van der Waals surface area contributed by atoms with E-state index in [-0.39, 0.29) is 5.82 Å². The molecule has 19 heavy (non-hydrogen) atoms. The van der Waals surface area contributed by atoms with Crippen LogP contribution >= 0.6 is 0 Å². The average molecular weight is 257 g/mol. The van der Waals surface area contributed by atoms with Crippen molar-refractivity contribution in [1.29, 1.82) is 0 Å². The van der Waals surface area contributed by atoms with Crippen molar-refractivity contribution in [2.24, 2.45) is 5.16 Å². The van der Waals surface area contributed by atoms with Gasteiger partial charge in [-0.1, -0.05) is 41.1 Å². The second kappa shape index (κ2) is 6.14. The Morgan fingerprint density at radius 2 is 1.84 bits per heavy atom. The molecule has 0 spiro atoms. The van der Waals surface area contributed by atoms with Crippen LogP contribution in [0.2, 0.25) is 0 Å². The largest absolute Gasteiger partial charge is 0.391 e. The Balaban J connectivity index is 1.92. The van der Waals surface area contributed by atoms with E-state index in [2.05, 4.69) is 23.4 Å². The van der Waals surface area contributed by atoms with E-state index < -0.39 is 0 Å². The topological polar surface area (TPSA) is 21.6 Å². The molecule has 0 atom stereocenters. The second-order valence-electron chi connectivity index (χ2n) is 4.49. The first-order valence-corrected chi connectivity index (χ1v) is 6.12. The molecular weight excluding hydrogens is 241 g/mol. The fourth-order valence-electron chi connectivity index (χ4n) is 1.71. The van der Waals surface area contributed by atoms with Crippen LogP contribution in [0.25, 0.3) is 0 Å². The Kier molecular flexibility index (Phi) is 4.29. The molecule has 0 saturated carbocycles. The van der Waals surface area contributed by atoms with Crippen LogP contribution in [0.15, 0.2) is 47.6 Å². The molecule has 3 heteroatoms. The molecule has 0 saturated heterocycles. The van der Waals surface area contributed by atoms with Crippen molar-refractivity contribution >= 4 is 6.21 Å². The molecule has 0 radical (unpaired) electrons. The van der Waals surface area contributed by atoms with E-state index in [1.54, 1.807) is 18.3 Å². The first-order chi connectivity index (χ1) is 9.15. The van der Waals surface area contributed by atoms with Gasteiger partial charge >= 0.3 is 0 Å². The van der Waals surface area contributed by atoms with Gasteiger partial charge in [-0.05, 0) is 42.7 Å². The number of benzene rings is 2. The van der Waals surface area contributed by atoms with E-state index >= 15 is 0 Å². The molecule has 98 valence electrons. The molecule has 2 nitrogen and oxygen atoms in total. The molecule has 0 bridgehead atoms. The van der Waals surface area contributed by atoms with Gasteiger partial charge in [0.15, 0.2) is 0 Å². The van der Waals surface area contributed by atoms with Crippen molar-refractivity contribution in [2.45, 2.75) is 20.5 Å². The third-order valence-corrected chi connectivity index (χ3v) is 2.87. The summed E-state index contributed by atoms with van der Waals surface area (Å²) in [5, 5.41) is 3.89. The fourth-order valence-corrected chi connectivity index (χ4v) is 1.71. The van der Waals surface area contributed by atoms with Crippen LogP contribution in [0.3, 0.4) is 0 Å². The molecule has 0 unspecified atom stereocenters. The van der Waals surface area contributed by atoms with E-state index in [9.17, 15) is 4.39 Å². The van der Waals surface area contributed by atoms with Crippen molar-refractivity contribution in [3.05, 3.63) is 70.5 Å². The molecule has 0 aliphatic carbocycles. The molecule has 0 aromatic heterocycles. The van der Waals surface area contributed by atoms with E-state index in [1.165, 1.54) is 23.3 Å². The van der Waals surface area contributed by atoms with Gasteiger partial charge in [0.05, 0.1) is 6.21 Å². The number of hydrogen-bond acceptors (Lipinski definition) is 2. The van der Waals surface area contributed by atoms with E-state index in [4.69, 9.17) is 4.84 Å². The van der Waals surface area contributed by atoms with Crippen molar-refractivity contribution in [3.63, 3.8) is 0 Å². The third kappa shape index (κ3) is 3.91. The van der Waals surface area contributed by atoms with Gasteiger partial charge in [-0.2, -0.15) is 0 Å². The molecule has 2 rings (SSSR count). The normalized spacial score (nSPS) is 10.9. The standard InChI is InChI=1S/C16H16FNO/c1-12-3-4-13(2)15(9-12)11-19-18-10-14-5-7-16(17)8-6-14/h3-10H,11H2,1-2H3. The smallest absolute Gasteiger partial charge is 0.142 e. The summed E-state index contributed by atoms with van der Waals surface area (Å²) >= 11 is 0. The molecule has 0 aliphatic heterocycles. The highest BCUT2D eigenvalue weighted by atomic mass is 19.1. The number of halogens is 1. The van der Waals surface area contributed by atoms with Gasteiger partial charge in [-0.3, -0.25) is 0 Å². The maximum absolute atomic E-state index is 12.7. The van der Waals surface area contributed by atoms with Crippen molar-refractivity contribution in [1.82, 2.24) is 0 Å². The number of rotatable bonds is 4. The molecule has 0 fully saturated rings. The lowest BCUT2D eigenvalue weighted by atomic mass is 10.1. The summed E-state index contributed by atoms with van der Waals surface area (Å²) in [6, 6.07) is 12.3. The number of nitrogens with zero attached hydrogens (tertiary/aromatic N) is 1. The van der Waals surface area contributed by atoms with Crippen molar-refractivity contribution < 1.29 is 9.23 Å². The molecular formula is C16H16FNO. The monoisotopic (exact) mass is 257 g/mol. The maximum Gasteiger partial charge on any atom is 0.142 e. The first-order valence-electron chi connectivity index (χ1n) is 6.12. The minimum Gasteiger partial charge on any atom is -0.391 e. The van der Waals surface area contributed by atoms with Crippen LogP contribution in [-0.4, -0.2) is 6.21 Å². The quantitative estimate of drug-likeness (QED) is 0.599. The van der Waals surface area contributed by atoms with Crippen molar-refractivity contribution in [2.75, 3.05) is 0 Å². The lowest BCUT2D eigenvalue weighted by molar-refractivity contribution is 0.131. The Morgan fingerprint density at radius 3 is 2.58 bits per heavy atom. The summed E-state index contributed by atoms with van der Waals surface area (Å²) in [6.45, 7) is 4.53. The summed E-state index contributed by atoms with van der Waals surface area (Å²) in [5.74, 6) is -0.256. The van der Waals surface area contributed by atoms with Crippen LogP contribution in [0.4, 0.5) is 4.39 Å². The number of aryl methyl sites for hydroxylation is 2. The minimum absolute atomic E-state index is 0.256. The van der Waals surface area contributed by atoms with E-state index in [1.807, 2.05) is 13.8 Å². The Hall–Kier alpha value is -2.16. The second-order valence-corrected chi connectivity index (χ2v) is 4.49. The molecule has 2 aromatic rings. The van der Waals surface area contributed by atoms with Crippen LogP contribution in [-0.2, 0) is 11.4 Å². The summed E-state index contributed by atoms with van der Waals surface area (Å²) in [7, 11) is 0. The Morgan fingerprint density at radius 1 is 1.11 bits per heavy atom. The zero-order valence-corrected chi connectivity index (χ0v) is 11.1. The summed E-state index contributed by atoms with van der Waals surface area (Å²) in [6.07, 6.45) is 1.57. The fraction of sp³-hybridized carbons (Fsp3) is 0.188. The molecule has 0 N–H and O–H groups in total. The lowest BCUT2D eigenvalue weighted by Crippen LogP contribution is -1.92. The highest BCUT2D eigenvalue weighted by molar-refractivity contribution is 5.78. The van der Waals surface area contributed by atoms with Gasteiger partial charge in [-0.15, -0.1) is 0 Å². The highest BCUT2D eigenvalue weighted by Crippen LogP contribution is 2.11. The summed E-state index contributed by atoms with van der Waals surface area (Å²) < 4.78 is 12.7. The van der Waals surface area contributed by atoms with Gasteiger partial charge in [0.1, 0.15) is 12.4 Å². The van der Waals surface area contributed by atoms with Gasteiger partial charge in [0, 0.05) is 0 Å². The molecule has 2 aromatic carbocycles. The number of oxime groups is 1. The van der Waals surface area contributed by atoms with Gasteiger partial charge in [0.25, 0.3) is 0 Å². The van der Waals surface area contributed by atoms with Gasteiger partial charge < -0.3 is 4.84 Å². The van der Waals surface area contributed by atoms with Gasteiger partial charge in [0.2, 0.25) is 0 Å². The predicted octanol–water partition coefficient (Wildman–Crippen LogP) is 3.99. The highest BCUT2D eigenvalue weighted by Gasteiger charge is 1.98. The zero-order chi connectivity index (χ0) is 13.7. The lowest BCUT2D eigenvalue weighted by Gasteiger charge is -2.05. The zero-order valence-electron chi connectivity index (χ0n) is 11.1. The van der Waals surface area contributed by atoms with Crippen LogP contribution in [0, 0.1) is 19.7 Å². The Bertz CT molecular complexity index is 576. The number of hydrogen-bond donors (Lipinski definition) is 0. The summed E-state index contributed by atoms with van der Waals surface area (Å²) in [4.78, 5) is 5.27. The average Bonchev–Trinajstić information content (AvgIpc) is 2.40. The van der Waals surface area contributed by atoms with Crippen LogP contribution < -0.4 is 0 Å². The van der Waals surface area contributed by atoms with Crippen molar-refractivity contribution in [3.8, 4) is 0 Å². The minimum atomic E-state index is -0.256. The summed E-state index contributed by atoms with van der Waals surface area (Å²) in [5.41, 5.74) is 4.31. The van der Waals surface area contributed by atoms with E-state index in [0.717, 1.165) is 11.1 Å². The predicted molar refractivity (Wildman–Crippen MR) is 74.7 cm³/mol. The van der Waals surface area contributed by atoms with Crippen LogP contribution in [0.5, 0.6) is 0 Å². The molecule has 0 aliphatic rings. The molecule has 0 heterocycles. The Labute approximate surface area is 112 Å². The maximum atomic E-state index is 12.7.